The lowest BCUT2D eigenvalue weighted by Crippen LogP contribution is -2.44. The third kappa shape index (κ3) is 2.30. The molecule has 2 rings (SSSR count). The molecule has 0 saturated carbocycles. The maximum atomic E-state index is 12.3. The van der Waals surface area contributed by atoms with Gasteiger partial charge < -0.3 is 9.47 Å². The zero-order chi connectivity index (χ0) is 11.7. The van der Waals surface area contributed by atoms with Crippen LogP contribution in [0.4, 0.5) is 0 Å². The van der Waals surface area contributed by atoms with Gasteiger partial charge in [-0.15, -0.1) is 0 Å². The first-order chi connectivity index (χ1) is 7.59. The summed E-state index contributed by atoms with van der Waals surface area (Å²) in [6.07, 6.45) is 1.91. The van der Waals surface area contributed by atoms with E-state index in [0.717, 1.165) is 28.2 Å². The molecule has 0 N–H and O–H groups in total. The predicted octanol–water partition coefficient (Wildman–Crippen LogP) is 2.37. The van der Waals surface area contributed by atoms with Crippen molar-refractivity contribution in [3.05, 3.63) is 22.4 Å². The Hall–Kier alpha value is -0.420. The van der Waals surface area contributed by atoms with Gasteiger partial charge in [-0.25, -0.2) is 0 Å². The molecule has 1 aliphatic rings. The SMILES string of the molecule is CC1CSCCN1C(=O)c1cc(Br)cn1C. The molecule has 5 heteroatoms. The predicted molar refractivity (Wildman–Crippen MR) is 70.9 cm³/mol. The van der Waals surface area contributed by atoms with E-state index in [1.807, 2.05) is 40.5 Å². The number of halogens is 1. The molecule has 16 heavy (non-hydrogen) atoms. The van der Waals surface area contributed by atoms with Crippen molar-refractivity contribution in [2.24, 2.45) is 7.05 Å². The maximum Gasteiger partial charge on any atom is 0.270 e. The lowest BCUT2D eigenvalue weighted by molar-refractivity contribution is 0.0706. The Bertz CT molecular complexity index is 405. The highest BCUT2D eigenvalue weighted by Gasteiger charge is 2.26. The maximum absolute atomic E-state index is 12.3. The van der Waals surface area contributed by atoms with E-state index in [1.54, 1.807) is 0 Å². The zero-order valence-electron chi connectivity index (χ0n) is 9.44. The van der Waals surface area contributed by atoms with E-state index >= 15 is 0 Å². The first kappa shape index (κ1) is 12.0. The fourth-order valence-electron chi connectivity index (χ4n) is 1.91. The molecule has 1 aliphatic heterocycles. The van der Waals surface area contributed by atoms with Gasteiger partial charge in [0.2, 0.25) is 0 Å². The van der Waals surface area contributed by atoms with Gasteiger partial charge in [-0.05, 0) is 28.9 Å². The van der Waals surface area contributed by atoms with E-state index in [0.29, 0.717) is 6.04 Å². The molecule has 1 fully saturated rings. The van der Waals surface area contributed by atoms with Crippen LogP contribution in [0.2, 0.25) is 0 Å². The van der Waals surface area contributed by atoms with Gasteiger partial charge in [-0.1, -0.05) is 0 Å². The molecule has 3 nitrogen and oxygen atoms in total. The summed E-state index contributed by atoms with van der Waals surface area (Å²) in [5.74, 6) is 2.22. The topological polar surface area (TPSA) is 25.2 Å². The van der Waals surface area contributed by atoms with Crippen molar-refractivity contribution in [3.63, 3.8) is 0 Å². The largest absolute Gasteiger partial charge is 0.345 e. The van der Waals surface area contributed by atoms with Gasteiger partial charge in [0, 0.05) is 41.8 Å². The van der Waals surface area contributed by atoms with Gasteiger partial charge in [0.05, 0.1) is 0 Å². The van der Waals surface area contributed by atoms with Gasteiger partial charge in [0.1, 0.15) is 5.69 Å². The lowest BCUT2D eigenvalue weighted by Gasteiger charge is -2.33. The van der Waals surface area contributed by atoms with Gasteiger partial charge in [0.15, 0.2) is 0 Å². The Labute approximate surface area is 108 Å². The van der Waals surface area contributed by atoms with E-state index in [2.05, 4.69) is 22.9 Å². The number of thioether (sulfide) groups is 1. The standard InChI is InChI=1S/C11H15BrN2OS/c1-8-7-16-4-3-14(8)11(15)10-5-9(12)6-13(10)2/h5-6,8H,3-4,7H2,1-2H3. The highest BCUT2D eigenvalue weighted by molar-refractivity contribution is 9.10. The summed E-state index contributed by atoms with van der Waals surface area (Å²) in [6.45, 7) is 2.97. The van der Waals surface area contributed by atoms with E-state index in [1.165, 1.54) is 0 Å². The van der Waals surface area contributed by atoms with Crippen LogP contribution in [0.25, 0.3) is 0 Å². The number of hydrogen-bond donors (Lipinski definition) is 0. The summed E-state index contributed by atoms with van der Waals surface area (Å²) in [5, 5.41) is 0. The van der Waals surface area contributed by atoms with Crippen LogP contribution in [0.3, 0.4) is 0 Å². The summed E-state index contributed by atoms with van der Waals surface area (Å²) in [4.78, 5) is 14.3. The van der Waals surface area contributed by atoms with Gasteiger partial charge >= 0.3 is 0 Å². The summed E-state index contributed by atoms with van der Waals surface area (Å²) in [7, 11) is 1.90. The van der Waals surface area contributed by atoms with Crippen LogP contribution >= 0.6 is 27.7 Å². The Balaban J connectivity index is 2.21. The first-order valence-corrected chi connectivity index (χ1v) is 7.25. The number of rotatable bonds is 1. The number of nitrogens with zero attached hydrogens (tertiary/aromatic N) is 2. The number of aromatic nitrogens is 1. The Morgan fingerprint density at radius 3 is 2.94 bits per heavy atom. The first-order valence-electron chi connectivity index (χ1n) is 5.30. The number of carbonyl (C=O) groups excluding carboxylic acids is 1. The number of carbonyl (C=O) groups is 1. The molecule has 1 aromatic rings. The quantitative estimate of drug-likeness (QED) is 0.796. The van der Waals surface area contributed by atoms with Crippen molar-refractivity contribution in [1.82, 2.24) is 9.47 Å². The number of aryl methyl sites for hydroxylation is 1. The summed E-state index contributed by atoms with van der Waals surface area (Å²) >= 11 is 5.31. The second kappa shape index (κ2) is 4.84. The lowest BCUT2D eigenvalue weighted by atomic mass is 10.2. The van der Waals surface area contributed by atoms with Crippen molar-refractivity contribution in [3.8, 4) is 0 Å². The molecule has 0 aromatic carbocycles. The van der Waals surface area contributed by atoms with Crippen LogP contribution in [0, 0.1) is 0 Å². The molecule has 0 spiro atoms. The molecule has 1 amide bonds. The van der Waals surface area contributed by atoms with Crippen molar-refractivity contribution >= 4 is 33.6 Å². The average molecular weight is 303 g/mol. The molecule has 1 aromatic heterocycles. The molecule has 2 heterocycles. The molecule has 0 bridgehead atoms. The minimum absolute atomic E-state index is 0.140. The van der Waals surface area contributed by atoms with Crippen molar-refractivity contribution < 1.29 is 4.79 Å². The van der Waals surface area contributed by atoms with Crippen LogP contribution in [0.1, 0.15) is 17.4 Å². The molecule has 0 aliphatic carbocycles. The third-order valence-electron chi connectivity index (χ3n) is 2.82. The van der Waals surface area contributed by atoms with E-state index in [4.69, 9.17) is 0 Å². The van der Waals surface area contributed by atoms with Crippen molar-refractivity contribution in [2.45, 2.75) is 13.0 Å². The van der Waals surface area contributed by atoms with Crippen molar-refractivity contribution in [2.75, 3.05) is 18.1 Å². The highest BCUT2D eigenvalue weighted by atomic mass is 79.9. The molecule has 1 saturated heterocycles. The molecule has 0 radical (unpaired) electrons. The van der Waals surface area contributed by atoms with E-state index < -0.39 is 0 Å². The molecule has 1 unspecified atom stereocenters. The number of hydrogen-bond acceptors (Lipinski definition) is 2. The molecular formula is C11H15BrN2OS. The fraction of sp³-hybridized carbons (Fsp3) is 0.545. The van der Waals surface area contributed by atoms with Crippen LogP contribution in [0.15, 0.2) is 16.7 Å². The van der Waals surface area contributed by atoms with Crippen molar-refractivity contribution in [1.29, 1.82) is 0 Å². The van der Waals surface area contributed by atoms with E-state index in [-0.39, 0.29) is 5.91 Å². The summed E-state index contributed by atoms with van der Waals surface area (Å²) in [6, 6.07) is 2.22. The monoisotopic (exact) mass is 302 g/mol. The van der Waals surface area contributed by atoms with Gasteiger partial charge in [-0.2, -0.15) is 11.8 Å². The molecule has 88 valence electrons. The van der Waals surface area contributed by atoms with Gasteiger partial charge in [-0.3, -0.25) is 4.79 Å². The second-order valence-corrected chi connectivity index (χ2v) is 6.14. The Morgan fingerprint density at radius 2 is 2.38 bits per heavy atom. The second-order valence-electron chi connectivity index (χ2n) is 4.08. The number of amides is 1. The average Bonchev–Trinajstić information content (AvgIpc) is 2.58. The van der Waals surface area contributed by atoms with E-state index in [9.17, 15) is 4.79 Å². The highest BCUT2D eigenvalue weighted by Crippen LogP contribution is 2.21. The van der Waals surface area contributed by atoms with Gasteiger partial charge in [0.25, 0.3) is 5.91 Å². The normalized spacial score (nSPS) is 21.2. The minimum Gasteiger partial charge on any atom is -0.345 e. The minimum atomic E-state index is 0.140. The zero-order valence-corrected chi connectivity index (χ0v) is 11.8. The fourth-order valence-corrected chi connectivity index (χ4v) is 3.45. The molecular weight excluding hydrogens is 288 g/mol. The summed E-state index contributed by atoms with van der Waals surface area (Å²) in [5.41, 5.74) is 0.755. The van der Waals surface area contributed by atoms with Crippen LogP contribution in [-0.4, -0.2) is 39.5 Å². The summed E-state index contributed by atoms with van der Waals surface area (Å²) < 4.78 is 2.83. The third-order valence-corrected chi connectivity index (χ3v) is 4.44. The molecule has 1 atom stereocenters. The van der Waals surface area contributed by atoms with Crippen LogP contribution in [0.5, 0.6) is 0 Å². The Morgan fingerprint density at radius 1 is 1.62 bits per heavy atom. The van der Waals surface area contributed by atoms with Crippen LogP contribution in [-0.2, 0) is 7.05 Å². The Kier molecular flexibility index (Phi) is 3.64. The van der Waals surface area contributed by atoms with Crippen LogP contribution < -0.4 is 0 Å². The smallest absolute Gasteiger partial charge is 0.270 e.